The molecule has 0 amide bonds. The Balaban J connectivity index is 1.94. The van der Waals surface area contributed by atoms with Crippen molar-refractivity contribution in [3.63, 3.8) is 0 Å². The maximum absolute atomic E-state index is 12.6. The summed E-state index contributed by atoms with van der Waals surface area (Å²) in [6.45, 7) is 7.19. The van der Waals surface area contributed by atoms with Crippen molar-refractivity contribution in [2.45, 2.75) is 13.1 Å². The fourth-order valence-corrected chi connectivity index (χ4v) is 2.63. The quantitative estimate of drug-likeness (QED) is 0.772. The third-order valence-electron chi connectivity index (χ3n) is 3.58. The molecule has 124 valence electrons. The SMILES string of the molecule is CCOCCN1CCN(c2ncc(C(F)(F)F)cc2Cl)CC1. The monoisotopic (exact) mass is 337 g/mol. The van der Waals surface area contributed by atoms with Gasteiger partial charge in [0.15, 0.2) is 0 Å². The molecule has 0 saturated carbocycles. The minimum Gasteiger partial charge on any atom is -0.380 e. The Morgan fingerprint density at radius 2 is 1.95 bits per heavy atom. The summed E-state index contributed by atoms with van der Waals surface area (Å²) in [4.78, 5) is 8.07. The summed E-state index contributed by atoms with van der Waals surface area (Å²) < 4.78 is 43.1. The van der Waals surface area contributed by atoms with Crippen LogP contribution in [-0.2, 0) is 10.9 Å². The van der Waals surface area contributed by atoms with Crippen molar-refractivity contribution in [1.82, 2.24) is 9.88 Å². The second-order valence-corrected chi connectivity index (χ2v) is 5.46. The van der Waals surface area contributed by atoms with Crippen molar-refractivity contribution >= 4 is 17.4 Å². The Morgan fingerprint density at radius 1 is 1.27 bits per heavy atom. The van der Waals surface area contributed by atoms with Gasteiger partial charge >= 0.3 is 6.18 Å². The van der Waals surface area contributed by atoms with E-state index >= 15 is 0 Å². The van der Waals surface area contributed by atoms with Crippen LogP contribution >= 0.6 is 11.6 Å². The first-order chi connectivity index (χ1) is 10.4. The van der Waals surface area contributed by atoms with Crippen molar-refractivity contribution in [1.29, 1.82) is 0 Å². The molecule has 1 aromatic rings. The van der Waals surface area contributed by atoms with Gasteiger partial charge in [-0.25, -0.2) is 4.98 Å². The smallest absolute Gasteiger partial charge is 0.380 e. The van der Waals surface area contributed by atoms with E-state index < -0.39 is 11.7 Å². The zero-order valence-corrected chi connectivity index (χ0v) is 13.1. The molecule has 1 aliphatic heterocycles. The fourth-order valence-electron chi connectivity index (χ4n) is 2.34. The van der Waals surface area contributed by atoms with Crippen LogP contribution in [-0.4, -0.2) is 55.8 Å². The highest BCUT2D eigenvalue weighted by molar-refractivity contribution is 6.33. The van der Waals surface area contributed by atoms with Gasteiger partial charge in [0.25, 0.3) is 0 Å². The molecule has 1 aromatic heterocycles. The normalized spacial score (nSPS) is 17.0. The van der Waals surface area contributed by atoms with E-state index in [0.29, 0.717) is 32.1 Å². The van der Waals surface area contributed by atoms with Crippen LogP contribution in [0.5, 0.6) is 0 Å². The van der Waals surface area contributed by atoms with Crippen LogP contribution < -0.4 is 4.90 Å². The molecular weight excluding hydrogens is 319 g/mol. The van der Waals surface area contributed by atoms with Crippen LogP contribution in [0.25, 0.3) is 0 Å². The van der Waals surface area contributed by atoms with Crippen LogP contribution in [0.1, 0.15) is 12.5 Å². The number of halogens is 4. The van der Waals surface area contributed by atoms with Crippen LogP contribution in [0.4, 0.5) is 19.0 Å². The van der Waals surface area contributed by atoms with E-state index in [2.05, 4.69) is 9.88 Å². The molecule has 1 saturated heterocycles. The molecule has 1 aliphatic rings. The summed E-state index contributed by atoms with van der Waals surface area (Å²) in [5, 5.41) is 0.0394. The van der Waals surface area contributed by atoms with E-state index in [1.165, 1.54) is 0 Å². The lowest BCUT2D eigenvalue weighted by Crippen LogP contribution is -2.47. The van der Waals surface area contributed by atoms with Gasteiger partial charge in [0, 0.05) is 45.5 Å². The number of ether oxygens (including phenoxy) is 1. The van der Waals surface area contributed by atoms with Crippen molar-refractivity contribution in [3.05, 3.63) is 22.8 Å². The zero-order chi connectivity index (χ0) is 16.2. The molecule has 4 nitrogen and oxygen atoms in total. The topological polar surface area (TPSA) is 28.6 Å². The highest BCUT2D eigenvalue weighted by atomic mass is 35.5. The van der Waals surface area contributed by atoms with Crippen molar-refractivity contribution < 1.29 is 17.9 Å². The average molecular weight is 338 g/mol. The molecule has 2 rings (SSSR count). The molecule has 0 atom stereocenters. The highest BCUT2D eigenvalue weighted by Gasteiger charge is 2.32. The molecular formula is C14H19ClF3N3O. The predicted molar refractivity (Wildman–Crippen MR) is 79.4 cm³/mol. The van der Waals surface area contributed by atoms with Gasteiger partial charge in [-0.2, -0.15) is 13.2 Å². The molecule has 2 heterocycles. The van der Waals surface area contributed by atoms with Gasteiger partial charge in [0.05, 0.1) is 17.2 Å². The van der Waals surface area contributed by atoms with E-state index in [0.717, 1.165) is 31.9 Å². The minimum absolute atomic E-state index is 0.0394. The molecule has 0 aromatic carbocycles. The number of alkyl halides is 3. The van der Waals surface area contributed by atoms with Crippen molar-refractivity contribution in [2.24, 2.45) is 0 Å². The predicted octanol–water partition coefficient (Wildman–Crippen LogP) is 2.91. The molecule has 0 unspecified atom stereocenters. The van der Waals surface area contributed by atoms with Crippen molar-refractivity contribution in [3.8, 4) is 0 Å². The second kappa shape index (κ2) is 7.48. The zero-order valence-electron chi connectivity index (χ0n) is 12.4. The largest absolute Gasteiger partial charge is 0.417 e. The molecule has 0 aliphatic carbocycles. The molecule has 1 fully saturated rings. The van der Waals surface area contributed by atoms with Gasteiger partial charge in [0.1, 0.15) is 5.82 Å². The summed E-state index contributed by atoms with van der Waals surface area (Å²) in [5.74, 6) is 0.416. The molecule has 8 heteroatoms. The van der Waals surface area contributed by atoms with E-state index in [1.807, 2.05) is 11.8 Å². The average Bonchev–Trinajstić information content (AvgIpc) is 2.47. The third-order valence-corrected chi connectivity index (χ3v) is 3.86. The Bertz CT molecular complexity index is 491. The van der Waals surface area contributed by atoms with E-state index in [1.54, 1.807) is 0 Å². The summed E-state index contributed by atoms with van der Waals surface area (Å²) in [6.07, 6.45) is -3.59. The molecule has 22 heavy (non-hydrogen) atoms. The number of hydrogen-bond donors (Lipinski definition) is 0. The Morgan fingerprint density at radius 3 is 2.50 bits per heavy atom. The van der Waals surface area contributed by atoms with Gasteiger partial charge in [0.2, 0.25) is 0 Å². The second-order valence-electron chi connectivity index (χ2n) is 5.05. The summed E-state index contributed by atoms with van der Waals surface area (Å²) >= 11 is 5.97. The lowest BCUT2D eigenvalue weighted by molar-refractivity contribution is -0.137. The number of aromatic nitrogens is 1. The Labute approximate surface area is 132 Å². The standard InChI is InChI=1S/C14H19ClF3N3O/c1-2-22-8-7-20-3-5-21(6-4-20)13-12(15)9-11(10-19-13)14(16,17)18/h9-10H,2-8H2,1H3. The first-order valence-electron chi connectivity index (χ1n) is 7.19. The number of rotatable bonds is 5. The maximum atomic E-state index is 12.6. The number of hydrogen-bond acceptors (Lipinski definition) is 4. The number of pyridine rings is 1. The van der Waals surface area contributed by atoms with Gasteiger partial charge in [-0.05, 0) is 13.0 Å². The molecule has 0 radical (unpaired) electrons. The number of nitrogens with zero attached hydrogens (tertiary/aromatic N) is 3. The summed E-state index contributed by atoms with van der Waals surface area (Å²) in [6, 6.07) is 0.936. The summed E-state index contributed by atoms with van der Waals surface area (Å²) in [7, 11) is 0. The lowest BCUT2D eigenvalue weighted by atomic mass is 10.2. The van der Waals surface area contributed by atoms with Crippen LogP contribution in [0.3, 0.4) is 0 Å². The highest BCUT2D eigenvalue weighted by Crippen LogP contribution is 2.33. The van der Waals surface area contributed by atoms with E-state index in [9.17, 15) is 13.2 Å². The van der Waals surface area contributed by atoms with Crippen molar-refractivity contribution in [2.75, 3.05) is 50.8 Å². The Kier molecular flexibility index (Phi) is 5.88. The van der Waals surface area contributed by atoms with E-state index in [4.69, 9.17) is 16.3 Å². The van der Waals surface area contributed by atoms with Gasteiger partial charge in [-0.3, -0.25) is 4.90 Å². The van der Waals surface area contributed by atoms with Gasteiger partial charge in [-0.1, -0.05) is 11.6 Å². The molecule has 0 N–H and O–H groups in total. The van der Waals surface area contributed by atoms with Gasteiger partial charge < -0.3 is 9.64 Å². The number of anilines is 1. The van der Waals surface area contributed by atoms with E-state index in [-0.39, 0.29) is 5.02 Å². The first-order valence-corrected chi connectivity index (χ1v) is 7.57. The molecule has 0 bridgehead atoms. The van der Waals surface area contributed by atoms with Gasteiger partial charge in [-0.15, -0.1) is 0 Å². The van der Waals surface area contributed by atoms with Crippen LogP contribution in [0, 0.1) is 0 Å². The van der Waals surface area contributed by atoms with Crippen LogP contribution in [0.2, 0.25) is 5.02 Å². The number of piperazine rings is 1. The van der Waals surface area contributed by atoms with Crippen LogP contribution in [0.15, 0.2) is 12.3 Å². The third kappa shape index (κ3) is 4.47. The lowest BCUT2D eigenvalue weighted by Gasteiger charge is -2.35. The Hall–Kier alpha value is -1.05. The summed E-state index contributed by atoms with van der Waals surface area (Å²) in [5.41, 5.74) is -0.823. The fraction of sp³-hybridized carbons (Fsp3) is 0.643. The maximum Gasteiger partial charge on any atom is 0.417 e. The molecule has 0 spiro atoms. The minimum atomic E-state index is -4.42. The first kappa shape index (κ1) is 17.3.